The Kier molecular flexibility index (Phi) is 5.79. The van der Waals surface area contributed by atoms with E-state index in [1.165, 1.54) is 0 Å². The average molecular weight is 270 g/mol. The first-order chi connectivity index (χ1) is 8.82. The van der Waals surface area contributed by atoms with E-state index < -0.39 is 5.97 Å². The Morgan fingerprint density at radius 3 is 2.53 bits per heavy atom. The Hall–Kier alpha value is -1.10. The second kappa shape index (κ2) is 6.89. The molecule has 110 valence electrons. The quantitative estimate of drug-likeness (QED) is 0.817. The van der Waals surface area contributed by atoms with Crippen molar-refractivity contribution in [1.82, 2.24) is 9.80 Å². The molecule has 1 amide bonds. The van der Waals surface area contributed by atoms with Crippen LogP contribution in [0.15, 0.2) is 0 Å². The van der Waals surface area contributed by atoms with E-state index in [1.807, 2.05) is 13.8 Å². The molecule has 19 heavy (non-hydrogen) atoms. The van der Waals surface area contributed by atoms with Gasteiger partial charge in [-0.2, -0.15) is 0 Å². The van der Waals surface area contributed by atoms with Crippen LogP contribution in [0.4, 0.5) is 0 Å². The predicted octanol–water partition coefficient (Wildman–Crippen LogP) is 1.29. The maximum absolute atomic E-state index is 12.0. The number of rotatable bonds is 5. The molecular formula is C14H26N2O3. The van der Waals surface area contributed by atoms with Crippen molar-refractivity contribution >= 4 is 11.9 Å². The molecular weight excluding hydrogens is 244 g/mol. The summed E-state index contributed by atoms with van der Waals surface area (Å²) in [6.07, 6.45) is 2.32. The average Bonchev–Trinajstić information content (AvgIpc) is 2.36. The van der Waals surface area contributed by atoms with Gasteiger partial charge in [0.1, 0.15) is 0 Å². The van der Waals surface area contributed by atoms with Crippen molar-refractivity contribution in [3.8, 4) is 0 Å². The van der Waals surface area contributed by atoms with E-state index in [9.17, 15) is 9.59 Å². The zero-order valence-corrected chi connectivity index (χ0v) is 12.4. The van der Waals surface area contributed by atoms with Crippen LogP contribution in [0.25, 0.3) is 0 Å². The fourth-order valence-corrected chi connectivity index (χ4v) is 2.83. The highest BCUT2D eigenvalue weighted by molar-refractivity contribution is 5.80. The van der Waals surface area contributed by atoms with Gasteiger partial charge in [-0.25, -0.2) is 0 Å². The first kappa shape index (κ1) is 16.0. The van der Waals surface area contributed by atoms with Gasteiger partial charge < -0.3 is 10.0 Å². The van der Waals surface area contributed by atoms with Gasteiger partial charge in [0, 0.05) is 27.1 Å². The van der Waals surface area contributed by atoms with Crippen LogP contribution < -0.4 is 0 Å². The van der Waals surface area contributed by atoms with Crippen LogP contribution in [0.2, 0.25) is 0 Å². The minimum Gasteiger partial charge on any atom is -0.481 e. The Balaban J connectivity index is 2.59. The van der Waals surface area contributed by atoms with E-state index in [0.717, 1.165) is 25.9 Å². The highest BCUT2D eigenvalue weighted by atomic mass is 16.4. The summed E-state index contributed by atoms with van der Waals surface area (Å²) >= 11 is 0. The molecule has 0 aromatic carbocycles. The molecule has 0 saturated carbocycles. The third-order valence-electron chi connectivity index (χ3n) is 4.14. The van der Waals surface area contributed by atoms with E-state index in [0.29, 0.717) is 5.92 Å². The van der Waals surface area contributed by atoms with E-state index in [1.54, 1.807) is 19.0 Å². The zero-order valence-electron chi connectivity index (χ0n) is 12.4. The van der Waals surface area contributed by atoms with Crippen molar-refractivity contribution in [3.63, 3.8) is 0 Å². The Morgan fingerprint density at radius 2 is 2.00 bits per heavy atom. The van der Waals surface area contributed by atoms with Gasteiger partial charge in [-0.1, -0.05) is 6.92 Å². The summed E-state index contributed by atoms with van der Waals surface area (Å²) in [5, 5.41) is 8.88. The van der Waals surface area contributed by atoms with Crippen LogP contribution in [0, 0.1) is 11.8 Å². The first-order valence-corrected chi connectivity index (χ1v) is 7.00. The molecule has 1 aliphatic heterocycles. The number of likely N-dealkylation sites (tertiary alicyclic amines) is 1. The number of carboxylic acid groups (broad SMARTS) is 1. The van der Waals surface area contributed by atoms with Crippen LogP contribution >= 0.6 is 0 Å². The molecule has 1 heterocycles. The highest BCUT2D eigenvalue weighted by Gasteiger charge is 2.31. The van der Waals surface area contributed by atoms with E-state index in [4.69, 9.17) is 5.11 Å². The molecule has 5 heteroatoms. The lowest BCUT2D eigenvalue weighted by molar-refractivity contribution is -0.139. The zero-order chi connectivity index (χ0) is 14.6. The lowest BCUT2D eigenvalue weighted by Crippen LogP contribution is -2.49. The largest absolute Gasteiger partial charge is 0.481 e. The standard InChI is InChI=1S/C14H26N2O3/c1-10(8-13(17)18)12-6-5-7-16(9-12)11(2)14(19)15(3)4/h10-12H,5-9H2,1-4H3,(H,17,18). The van der Waals surface area contributed by atoms with Gasteiger partial charge in [-0.05, 0) is 38.1 Å². The van der Waals surface area contributed by atoms with E-state index in [-0.39, 0.29) is 24.3 Å². The smallest absolute Gasteiger partial charge is 0.303 e. The van der Waals surface area contributed by atoms with Gasteiger partial charge in [0.15, 0.2) is 0 Å². The third-order valence-corrected chi connectivity index (χ3v) is 4.14. The van der Waals surface area contributed by atoms with Crippen LogP contribution in [-0.4, -0.2) is 60.0 Å². The Labute approximate surface area is 115 Å². The predicted molar refractivity (Wildman–Crippen MR) is 73.9 cm³/mol. The summed E-state index contributed by atoms with van der Waals surface area (Å²) in [4.78, 5) is 26.6. The normalized spacial score (nSPS) is 23.7. The summed E-state index contributed by atoms with van der Waals surface area (Å²) < 4.78 is 0. The molecule has 0 aliphatic carbocycles. The number of carbonyl (C=O) groups excluding carboxylic acids is 1. The van der Waals surface area contributed by atoms with Crippen LogP contribution in [0.1, 0.15) is 33.1 Å². The number of piperidine rings is 1. The lowest BCUT2D eigenvalue weighted by atomic mass is 9.84. The second-order valence-electron chi connectivity index (χ2n) is 5.88. The number of hydrogen-bond donors (Lipinski definition) is 1. The van der Waals surface area contributed by atoms with Crippen molar-refractivity contribution in [2.75, 3.05) is 27.2 Å². The second-order valence-corrected chi connectivity index (χ2v) is 5.88. The maximum Gasteiger partial charge on any atom is 0.303 e. The fourth-order valence-electron chi connectivity index (χ4n) is 2.83. The van der Waals surface area contributed by atoms with Crippen LogP contribution in [0.3, 0.4) is 0 Å². The monoisotopic (exact) mass is 270 g/mol. The number of nitrogens with zero attached hydrogens (tertiary/aromatic N) is 2. The van der Waals surface area contributed by atoms with Gasteiger partial charge in [0.05, 0.1) is 6.04 Å². The molecule has 5 nitrogen and oxygen atoms in total. The van der Waals surface area contributed by atoms with Crippen molar-refractivity contribution in [2.24, 2.45) is 11.8 Å². The number of likely N-dealkylation sites (N-methyl/N-ethyl adjacent to an activating group) is 1. The number of hydrogen-bond acceptors (Lipinski definition) is 3. The molecule has 3 unspecified atom stereocenters. The Morgan fingerprint density at radius 1 is 1.37 bits per heavy atom. The third kappa shape index (κ3) is 4.49. The fraction of sp³-hybridized carbons (Fsp3) is 0.857. The number of amides is 1. The molecule has 0 aromatic rings. The molecule has 0 bridgehead atoms. The van der Waals surface area contributed by atoms with Crippen molar-refractivity contribution in [2.45, 2.75) is 39.2 Å². The first-order valence-electron chi connectivity index (χ1n) is 7.00. The maximum atomic E-state index is 12.0. The molecule has 0 spiro atoms. The minimum absolute atomic E-state index is 0.116. The topological polar surface area (TPSA) is 60.9 Å². The molecule has 0 aromatic heterocycles. The number of carbonyl (C=O) groups is 2. The SMILES string of the molecule is CC(CC(=O)O)C1CCCN(C(C)C(=O)N(C)C)C1. The van der Waals surface area contributed by atoms with Gasteiger partial charge in [-0.15, -0.1) is 0 Å². The molecule has 1 aliphatic rings. The summed E-state index contributed by atoms with van der Waals surface area (Å²) in [6, 6.07) is -0.116. The molecule has 1 saturated heterocycles. The van der Waals surface area contributed by atoms with E-state index in [2.05, 4.69) is 4.90 Å². The molecule has 1 fully saturated rings. The Bertz CT molecular complexity index is 331. The number of aliphatic carboxylic acids is 1. The van der Waals surface area contributed by atoms with Crippen molar-refractivity contribution in [3.05, 3.63) is 0 Å². The molecule has 0 radical (unpaired) electrons. The van der Waals surface area contributed by atoms with E-state index >= 15 is 0 Å². The summed E-state index contributed by atoms with van der Waals surface area (Å²) in [5.74, 6) is -0.0715. The van der Waals surface area contributed by atoms with Crippen LogP contribution in [-0.2, 0) is 9.59 Å². The van der Waals surface area contributed by atoms with Crippen molar-refractivity contribution < 1.29 is 14.7 Å². The van der Waals surface area contributed by atoms with Gasteiger partial charge in [0.25, 0.3) is 0 Å². The molecule has 3 atom stereocenters. The summed E-state index contributed by atoms with van der Waals surface area (Å²) in [6.45, 7) is 5.69. The summed E-state index contributed by atoms with van der Waals surface area (Å²) in [7, 11) is 3.54. The molecule has 1 N–H and O–H groups in total. The highest BCUT2D eigenvalue weighted by Crippen LogP contribution is 2.27. The van der Waals surface area contributed by atoms with Crippen molar-refractivity contribution in [1.29, 1.82) is 0 Å². The van der Waals surface area contributed by atoms with Gasteiger partial charge >= 0.3 is 5.97 Å². The van der Waals surface area contributed by atoms with Gasteiger partial charge in [0.2, 0.25) is 5.91 Å². The molecule has 1 rings (SSSR count). The minimum atomic E-state index is -0.734. The number of carboxylic acids is 1. The summed E-state index contributed by atoms with van der Waals surface area (Å²) in [5.41, 5.74) is 0. The van der Waals surface area contributed by atoms with Crippen LogP contribution in [0.5, 0.6) is 0 Å². The lowest BCUT2D eigenvalue weighted by Gasteiger charge is -2.38. The van der Waals surface area contributed by atoms with Gasteiger partial charge in [-0.3, -0.25) is 14.5 Å².